The molecule has 0 saturated carbocycles. The molecule has 0 unspecified atom stereocenters. The summed E-state index contributed by atoms with van der Waals surface area (Å²) in [7, 11) is -3.57. The van der Waals surface area contributed by atoms with Gasteiger partial charge in [0.05, 0.1) is 10.3 Å². The van der Waals surface area contributed by atoms with Crippen molar-refractivity contribution in [2.45, 2.75) is 38.5 Å². The van der Waals surface area contributed by atoms with Crippen molar-refractivity contribution in [2.24, 2.45) is 5.92 Å². The van der Waals surface area contributed by atoms with Crippen molar-refractivity contribution in [3.63, 3.8) is 0 Å². The van der Waals surface area contributed by atoms with Gasteiger partial charge in [0, 0.05) is 24.8 Å². The largest absolute Gasteiger partial charge is 0.450 e. The molecule has 8 heteroatoms. The standard InChI is InChI=1S/C24H26N2O5S/c1-15-5-4-10-26(14-15)32(29,30)19-8-6-18(7-9-19)25-24(28)22-13-21(27)20-12-16(2)11-17(3)23(20)31-22/h6-9,11-13,15H,4-5,10,14H2,1-3H3,(H,25,28)/t15-/m0/s1. The third kappa shape index (κ3) is 4.33. The van der Waals surface area contributed by atoms with Crippen LogP contribution in [0, 0.1) is 19.8 Å². The highest BCUT2D eigenvalue weighted by Gasteiger charge is 2.28. The number of carbonyl (C=O) groups excluding carboxylic acids is 1. The van der Waals surface area contributed by atoms with E-state index in [1.807, 2.05) is 26.8 Å². The number of amides is 1. The number of hydrogen-bond donors (Lipinski definition) is 1. The molecule has 168 valence electrons. The number of anilines is 1. The molecule has 1 aliphatic rings. The van der Waals surface area contributed by atoms with Crippen LogP contribution < -0.4 is 10.7 Å². The van der Waals surface area contributed by atoms with Crippen LogP contribution in [0.5, 0.6) is 0 Å². The monoisotopic (exact) mass is 454 g/mol. The summed E-state index contributed by atoms with van der Waals surface area (Å²) in [5, 5.41) is 3.10. The Bertz CT molecular complexity index is 1340. The average molecular weight is 455 g/mol. The maximum Gasteiger partial charge on any atom is 0.291 e. The predicted molar refractivity (Wildman–Crippen MR) is 124 cm³/mol. The van der Waals surface area contributed by atoms with E-state index in [1.54, 1.807) is 6.07 Å². The first kappa shape index (κ1) is 22.2. The molecule has 1 amide bonds. The summed E-state index contributed by atoms with van der Waals surface area (Å²) in [5.74, 6) is -0.348. The average Bonchev–Trinajstić information content (AvgIpc) is 2.74. The lowest BCUT2D eigenvalue weighted by molar-refractivity contribution is 0.0997. The van der Waals surface area contributed by atoms with Gasteiger partial charge in [-0.3, -0.25) is 9.59 Å². The first-order valence-electron chi connectivity index (χ1n) is 10.6. The van der Waals surface area contributed by atoms with Crippen molar-refractivity contribution < 1.29 is 17.6 Å². The van der Waals surface area contributed by atoms with Crippen molar-refractivity contribution >= 4 is 32.6 Å². The fourth-order valence-corrected chi connectivity index (χ4v) is 5.74. The third-order valence-electron chi connectivity index (χ3n) is 5.75. The fraction of sp³-hybridized carbons (Fsp3) is 0.333. The molecule has 1 atom stereocenters. The molecule has 1 N–H and O–H groups in total. The molecule has 4 rings (SSSR count). The van der Waals surface area contributed by atoms with Gasteiger partial charge in [0.25, 0.3) is 5.91 Å². The highest BCUT2D eigenvalue weighted by molar-refractivity contribution is 7.89. The van der Waals surface area contributed by atoms with Gasteiger partial charge in [-0.25, -0.2) is 8.42 Å². The Labute approximate surface area is 187 Å². The van der Waals surface area contributed by atoms with E-state index in [9.17, 15) is 18.0 Å². The van der Waals surface area contributed by atoms with Crippen LogP contribution in [0.2, 0.25) is 0 Å². The van der Waals surface area contributed by atoms with Crippen molar-refractivity contribution in [1.29, 1.82) is 0 Å². The number of nitrogens with zero attached hydrogens (tertiary/aromatic N) is 1. The molecule has 32 heavy (non-hydrogen) atoms. The summed E-state index contributed by atoms with van der Waals surface area (Å²) in [5.41, 5.74) is 2.21. The minimum atomic E-state index is -3.57. The molecule has 1 aliphatic heterocycles. The van der Waals surface area contributed by atoms with Crippen LogP contribution in [-0.4, -0.2) is 31.7 Å². The first-order chi connectivity index (χ1) is 15.1. The van der Waals surface area contributed by atoms with E-state index in [1.165, 1.54) is 34.6 Å². The number of nitrogens with one attached hydrogen (secondary N) is 1. The minimum Gasteiger partial charge on any atom is -0.450 e. The Morgan fingerprint density at radius 1 is 1.12 bits per heavy atom. The van der Waals surface area contributed by atoms with Gasteiger partial charge >= 0.3 is 0 Å². The molecule has 1 fully saturated rings. The van der Waals surface area contributed by atoms with E-state index in [2.05, 4.69) is 5.32 Å². The van der Waals surface area contributed by atoms with Gasteiger partial charge < -0.3 is 9.73 Å². The molecule has 1 saturated heterocycles. The highest BCUT2D eigenvalue weighted by atomic mass is 32.2. The number of piperidine rings is 1. The van der Waals surface area contributed by atoms with Gasteiger partial charge in [-0.05, 0) is 74.1 Å². The van der Waals surface area contributed by atoms with Crippen LogP contribution >= 0.6 is 0 Å². The maximum atomic E-state index is 12.9. The van der Waals surface area contributed by atoms with Gasteiger partial charge in [0.15, 0.2) is 11.2 Å². The van der Waals surface area contributed by atoms with E-state index in [4.69, 9.17) is 4.42 Å². The SMILES string of the molecule is Cc1cc(C)c2oc(C(=O)Nc3ccc(S(=O)(=O)N4CCC[C@H](C)C4)cc3)cc(=O)c2c1. The van der Waals surface area contributed by atoms with Crippen molar-refractivity contribution in [3.8, 4) is 0 Å². The van der Waals surface area contributed by atoms with Gasteiger partial charge in [0.2, 0.25) is 10.0 Å². The topological polar surface area (TPSA) is 96.7 Å². The summed E-state index contributed by atoms with van der Waals surface area (Å²) in [6.45, 7) is 6.80. The zero-order valence-corrected chi connectivity index (χ0v) is 19.2. The Kier molecular flexibility index (Phi) is 5.92. The van der Waals surface area contributed by atoms with Crippen molar-refractivity contribution in [2.75, 3.05) is 18.4 Å². The summed E-state index contributed by atoms with van der Waals surface area (Å²) in [6.07, 6.45) is 1.88. The van der Waals surface area contributed by atoms with Crippen molar-refractivity contribution in [3.05, 3.63) is 69.6 Å². The molecule has 1 aromatic heterocycles. The lowest BCUT2D eigenvalue weighted by Crippen LogP contribution is -2.39. The van der Waals surface area contributed by atoms with Gasteiger partial charge in [-0.2, -0.15) is 4.31 Å². The number of sulfonamides is 1. The minimum absolute atomic E-state index is 0.103. The second kappa shape index (κ2) is 8.52. The molecule has 0 bridgehead atoms. The maximum absolute atomic E-state index is 12.9. The van der Waals surface area contributed by atoms with E-state index in [-0.39, 0.29) is 16.1 Å². The zero-order valence-electron chi connectivity index (χ0n) is 18.3. The van der Waals surface area contributed by atoms with Crippen LogP contribution in [0.15, 0.2) is 56.6 Å². The lowest BCUT2D eigenvalue weighted by atomic mass is 10.0. The first-order valence-corrected chi connectivity index (χ1v) is 12.1. The molecule has 2 heterocycles. The predicted octanol–water partition coefficient (Wildman–Crippen LogP) is 4.08. The van der Waals surface area contributed by atoms with E-state index < -0.39 is 15.9 Å². The van der Waals surface area contributed by atoms with Gasteiger partial charge in [0.1, 0.15) is 5.58 Å². The third-order valence-corrected chi connectivity index (χ3v) is 7.63. The van der Waals surface area contributed by atoms with Crippen LogP contribution in [0.4, 0.5) is 5.69 Å². The molecule has 3 aromatic rings. The zero-order chi connectivity index (χ0) is 23.0. The number of aryl methyl sites for hydroxylation is 2. The van der Waals surface area contributed by atoms with E-state index >= 15 is 0 Å². The molecule has 0 aliphatic carbocycles. The second-order valence-electron chi connectivity index (χ2n) is 8.52. The number of fused-ring (bicyclic) bond motifs is 1. The van der Waals surface area contributed by atoms with Gasteiger partial charge in [-0.1, -0.05) is 13.0 Å². The Hall–Kier alpha value is -2.97. The fourth-order valence-electron chi connectivity index (χ4n) is 4.14. The second-order valence-corrected chi connectivity index (χ2v) is 10.5. The van der Waals surface area contributed by atoms with E-state index in [0.29, 0.717) is 35.7 Å². The van der Waals surface area contributed by atoms with Crippen molar-refractivity contribution in [1.82, 2.24) is 4.31 Å². The Balaban J connectivity index is 1.55. The highest BCUT2D eigenvalue weighted by Crippen LogP contribution is 2.25. The summed E-state index contributed by atoms with van der Waals surface area (Å²) < 4.78 is 33.0. The number of benzene rings is 2. The number of carbonyl (C=O) groups is 1. The molecule has 0 radical (unpaired) electrons. The van der Waals surface area contributed by atoms with Crippen LogP contribution in [-0.2, 0) is 10.0 Å². The normalized spacial score (nSPS) is 17.4. The Morgan fingerprint density at radius 3 is 2.53 bits per heavy atom. The van der Waals surface area contributed by atoms with E-state index in [0.717, 1.165) is 24.0 Å². The molecular weight excluding hydrogens is 428 g/mol. The molecular formula is C24H26N2O5S. The van der Waals surface area contributed by atoms with Crippen LogP contribution in [0.1, 0.15) is 41.4 Å². The lowest BCUT2D eigenvalue weighted by Gasteiger charge is -2.30. The summed E-state index contributed by atoms with van der Waals surface area (Å²) in [6, 6.07) is 10.8. The molecule has 2 aromatic carbocycles. The van der Waals surface area contributed by atoms with Crippen LogP contribution in [0.3, 0.4) is 0 Å². The van der Waals surface area contributed by atoms with Crippen LogP contribution in [0.25, 0.3) is 11.0 Å². The summed E-state index contributed by atoms with van der Waals surface area (Å²) in [4.78, 5) is 25.3. The molecule has 7 nitrogen and oxygen atoms in total. The Morgan fingerprint density at radius 2 is 1.84 bits per heavy atom. The smallest absolute Gasteiger partial charge is 0.291 e. The number of rotatable bonds is 4. The quantitative estimate of drug-likeness (QED) is 0.641. The number of hydrogen-bond acceptors (Lipinski definition) is 5. The molecule has 0 spiro atoms. The summed E-state index contributed by atoms with van der Waals surface area (Å²) >= 11 is 0. The van der Waals surface area contributed by atoms with Gasteiger partial charge in [-0.15, -0.1) is 0 Å².